The van der Waals surface area contributed by atoms with Crippen LogP contribution < -0.4 is 0 Å². The summed E-state index contributed by atoms with van der Waals surface area (Å²) < 4.78 is 4.66. The van der Waals surface area contributed by atoms with Crippen LogP contribution in [0.3, 0.4) is 0 Å². The van der Waals surface area contributed by atoms with E-state index in [0.717, 1.165) is 6.42 Å². The summed E-state index contributed by atoms with van der Waals surface area (Å²) in [6.07, 6.45) is 0.991. The van der Waals surface area contributed by atoms with E-state index in [0.29, 0.717) is 11.5 Å². The van der Waals surface area contributed by atoms with E-state index in [1.165, 1.54) is 12.7 Å². The number of benzene rings is 1. The number of carbonyl (C=O) groups excluding carboxylic acids is 1. The molecule has 0 aliphatic carbocycles. The molecule has 0 atom stereocenters. The van der Waals surface area contributed by atoms with E-state index < -0.39 is 0 Å². The highest BCUT2D eigenvalue weighted by Gasteiger charge is 2.05. The monoisotopic (exact) mass is 192 g/mol. The first-order chi connectivity index (χ1) is 6.63. The quantitative estimate of drug-likeness (QED) is 0.688. The maximum Gasteiger partial charge on any atom is 0.337 e. The van der Waals surface area contributed by atoms with Crippen LogP contribution >= 0.6 is 0 Å². The van der Waals surface area contributed by atoms with Gasteiger partial charge in [-0.1, -0.05) is 26.0 Å². The Morgan fingerprint density at radius 2 is 2.14 bits per heavy atom. The molecule has 0 heterocycles. The van der Waals surface area contributed by atoms with Crippen molar-refractivity contribution in [2.45, 2.75) is 20.3 Å². The summed E-state index contributed by atoms with van der Waals surface area (Å²) in [6, 6.07) is 7.60. The Hall–Kier alpha value is -1.31. The molecule has 0 aliphatic rings. The third-order valence-electron chi connectivity index (χ3n) is 1.99. The maximum atomic E-state index is 11.2. The molecule has 0 radical (unpaired) electrons. The first kappa shape index (κ1) is 10.8. The van der Waals surface area contributed by atoms with Gasteiger partial charge in [0.25, 0.3) is 0 Å². The van der Waals surface area contributed by atoms with Gasteiger partial charge in [0.05, 0.1) is 12.7 Å². The van der Waals surface area contributed by atoms with Crippen molar-refractivity contribution >= 4 is 5.97 Å². The molecule has 0 amide bonds. The molecule has 76 valence electrons. The van der Waals surface area contributed by atoms with Crippen LogP contribution in [-0.2, 0) is 11.2 Å². The van der Waals surface area contributed by atoms with Crippen molar-refractivity contribution in [3.8, 4) is 0 Å². The lowest BCUT2D eigenvalue weighted by molar-refractivity contribution is 0.0600. The summed E-state index contributed by atoms with van der Waals surface area (Å²) in [5.74, 6) is 0.332. The minimum atomic E-state index is -0.268. The largest absolute Gasteiger partial charge is 0.465 e. The van der Waals surface area contributed by atoms with Crippen LogP contribution in [0.5, 0.6) is 0 Å². The lowest BCUT2D eigenvalue weighted by atomic mass is 10.0. The van der Waals surface area contributed by atoms with Gasteiger partial charge < -0.3 is 4.74 Å². The van der Waals surface area contributed by atoms with Crippen molar-refractivity contribution in [2.24, 2.45) is 5.92 Å². The van der Waals surface area contributed by atoms with Gasteiger partial charge in [-0.25, -0.2) is 4.79 Å². The predicted octanol–water partition coefficient (Wildman–Crippen LogP) is 2.67. The van der Waals surface area contributed by atoms with Gasteiger partial charge in [0.15, 0.2) is 0 Å². The summed E-state index contributed by atoms with van der Waals surface area (Å²) in [4.78, 5) is 11.2. The van der Waals surface area contributed by atoms with E-state index in [4.69, 9.17) is 0 Å². The van der Waals surface area contributed by atoms with E-state index in [9.17, 15) is 4.79 Å². The highest BCUT2D eigenvalue weighted by molar-refractivity contribution is 5.89. The Bertz CT molecular complexity index is 316. The van der Waals surface area contributed by atoms with Gasteiger partial charge in [-0.05, 0) is 30.0 Å². The van der Waals surface area contributed by atoms with Crippen LogP contribution in [-0.4, -0.2) is 13.1 Å². The Morgan fingerprint density at radius 3 is 2.71 bits per heavy atom. The van der Waals surface area contributed by atoms with Crippen LogP contribution in [0.2, 0.25) is 0 Å². The zero-order valence-electron chi connectivity index (χ0n) is 8.91. The smallest absolute Gasteiger partial charge is 0.337 e. The topological polar surface area (TPSA) is 26.3 Å². The Balaban J connectivity index is 2.84. The molecule has 1 aromatic rings. The Morgan fingerprint density at radius 1 is 1.43 bits per heavy atom. The lowest BCUT2D eigenvalue weighted by Gasteiger charge is -2.06. The van der Waals surface area contributed by atoms with Gasteiger partial charge in [-0.2, -0.15) is 0 Å². The van der Waals surface area contributed by atoms with E-state index >= 15 is 0 Å². The number of methoxy groups -OCH3 is 1. The van der Waals surface area contributed by atoms with Crippen molar-refractivity contribution in [3.63, 3.8) is 0 Å². The van der Waals surface area contributed by atoms with E-state index in [1.807, 2.05) is 18.2 Å². The normalized spacial score (nSPS) is 10.3. The second-order valence-electron chi connectivity index (χ2n) is 3.79. The van der Waals surface area contributed by atoms with Gasteiger partial charge in [0.2, 0.25) is 0 Å². The SMILES string of the molecule is COC(=O)c1cccc(CC(C)C)c1. The van der Waals surface area contributed by atoms with E-state index in [2.05, 4.69) is 18.6 Å². The summed E-state index contributed by atoms with van der Waals surface area (Å²) in [7, 11) is 1.40. The molecule has 1 rings (SSSR count). The summed E-state index contributed by atoms with van der Waals surface area (Å²) in [6.45, 7) is 4.32. The molecular weight excluding hydrogens is 176 g/mol. The standard InChI is InChI=1S/C12H16O2/c1-9(2)7-10-5-4-6-11(8-10)12(13)14-3/h4-6,8-9H,7H2,1-3H3. The molecule has 2 heteroatoms. The molecule has 14 heavy (non-hydrogen) atoms. The number of hydrogen-bond donors (Lipinski definition) is 0. The third kappa shape index (κ3) is 2.87. The van der Waals surface area contributed by atoms with Crippen LogP contribution in [0.25, 0.3) is 0 Å². The Kier molecular flexibility index (Phi) is 3.69. The third-order valence-corrected chi connectivity index (χ3v) is 1.99. The molecule has 0 saturated heterocycles. The van der Waals surface area contributed by atoms with Gasteiger partial charge in [0, 0.05) is 0 Å². The van der Waals surface area contributed by atoms with E-state index in [1.54, 1.807) is 6.07 Å². The van der Waals surface area contributed by atoms with Crippen LogP contribution in [0.1, 0.15) is 29.8 Å². The van der Waals surface area contributed by atoms with Crippen molar-refractivity contribution < 1.29 is 9.53 Å². The molecular formula is C12H16O2. The van der Waals surface area contributed by atoms with Crippen molar-refractivity contribution in [1.29, 1.82) is 0 Å². The van der Waals surface area contributed by atoms with Crippen LogP contribution in [0.4, 0.5) is 0 Å². The highest BCUT2D eigenvalue weighted by Crippen LogP contribution is 2.11. The number of carbonyl (C=O) groups is 1. The van der Waals surface area contributed by atoms with E-state index in [-0.39, 0.29) is 5.97 Å². The average Bonchev–Trinajstić information content (AvgIpc) is 2.16. The molecule has 0 N–H and O–H groups in total. The molecule has 0 spiro atoms. The molecule has 0 aromatic heterocycles. The minimum absolute atomic E-state index is 0.268. The minimum Gasteiger partial charge on any atom is -0.465 e. The summed E-state index contributed by atoms with van der Waals surface area (Å²) >= 11 is 0. The fraction of sp³-hybridized carbons (Fsp3) is 0.417. The fourth-order valence-electron chi connectivity index (χ4n) is 1.41. The Labute approximate surface area is 84.9 Å². The zero-order valence-corrected chi connectivity index (χ0v) is 8.91. The fourth-order valence-corrected chi connectivity index (χ4v) is 1.41. The first-order valence-electron chi connectivity index (χ1n) is 4.80. The number of rotatable bonds is 3. The molecule has 0 bridgehead atoms. The van der Waals surface area contributed by atoms with Gasteiger partial charge in [0.1, 0.15) is 0 Å². The molecule has 0 unspecified atom stereocenters. The zero-order chi connectivity index (χ0) is 10.6. The molecule has 0 saturated carbocycles. The summed E-state index contributed by atoms with van der Waals surface area (Å²) in [5.41, 5.74) is 1.81. The number of esters is 1. The molecule has 1 aromatic carbocycles. The van der Waals surface area contributed by atoms with Gasteiger partial charge in [-0.15, -0.1) is 0 Å². The van der Waals surface area contributed by atoms with Crippen molar-refractivity contribution in [2.75, 3.05) is 7.11 Å². The second kappa shape index (κ2) is 4.80. The van der Waals surface area contributed by atoms with Gasteiger partial charge >= 0.3 is 5.97 Å². The van der Waals surface area contributed by atoms with Crippen LogP contribution in [0, 0.1) is 5.92 Å². The predicted molar refractivity (Wildman–Crippen MR) is 56.3 cm³/mol. The highest BCUT2D eigenvalue weighted by atomic mass is 16.5. The van der Waals surface area contributed by atoms with Gasteiger partial charge in [-0.3, -0.25) is 0 Å². The maximum absolute atomic E-state index is 11.2. The van der Waals surface area contributed by atoms with Crippen molar-refractivity contribution in [1.82, 2.24) is 0 Å². The first-order valence-corrected chi connectivity index (χ1v) is 4.80. The summed E-state index contributed by atoms with van der Waals surface area (Å²) in [5, 5.41) is 0. The molecule has 0 aliphatic heterocycles. The average molecular weight is 192 g/mol. The molecule has 0 fully saturated rings. The molecule has 2 nitrogen and oxygen atoms in total. The van der Waals surface area contributed by atoms with Crippen molar-refractivity contribution in [3.05, 3.63) is 35.4 Å². The number of hydrogen-bond acceptors (Lipinski definition) is 2. The lowest BCUT2D eigenvalue weighted by Crippen LogP contribution is -2.02. The number of ether oxygens (including phenoxy) is 1. The van der Waals surface area contributed by atoms with Crippen LogP contribution in [0.15, 0.2) is 24.3 Å². The second-order valence-corrected chi connectivity index (χ2v) is 3.79.